The van der Waals surface area contributed by atoms with Crippen molar-refractivity contribution in [3.05, 3.63) is 39.2 Å². The predicted octanol–water partition coefficient (Wildman–Crippen LogP) is 1.27. The molecule has 1 aliphatic heterocycles. The fourth-order valence-electron chi connectivity index (χ4n) is 3.14. The van der Waals surface area contributed by atoms with Crippen molar-refractivity contribution in [3.63, 3.8) is 0 Å². The van der Waals surface area contributed by atoms with Crippen LogP contribution in [0.25, 0.3) is 0 Å². The lowest BCUT2D eigenvalue weighted by atomic mass is 10.0. The Kier molecular flexibility index (Phi) is 5.69. The number of carbonyl (C=O) groups excluding carboxylic acids is 1. The molecule has 1 atom stereocenters. The first-order valence-corrected chi connectivity index (χ1v) is 9.13. The maximum absolute atomic E-state index is 13.0. The highest BCUT2D eigenvalue weighted by molar-refractivity contribution is 5.95. The van der Waals surface area contributed by atoms with Gasteiger partial charge in [0.25, 0.3) is 5.91 Å². The lowest BCUT2D eigenvalue weighted by Gasteiger charge is -2.32. The van der Waals surface area contributed by atoms with Crippen LogP contribution >= 0.6 is 0 Å². The molecule has 1 fully saturated rings. The molecule has 9 heteroatoms. The fraction of sp³-hybridized carbons (Fsp3) is 0.611. The van der Waals surface area contributed by atoms with Crippen LogP contribution in [0.2, 0.25) is 0 Å². The lowest BCUT2D eigenvalue weighted by molar-refractivity contribution is -0.0285. The molecule has 0 saturated carbocycles. The molecular formula is C18H25N5O4. The van der Waals surface area contributed by atoms with Gasteiger partial charge in [-0.2, -0.15) is 0 Å². The molecule has 0 bridgehead atoms. The van der Waals surface area contributed by atoms with Gasteiger partial charge in [0, 0.05) is 20.0 Å². The van der Waals surface area contributed by atoms with E-state index in [1.807, 2.05) is 0 Å². The number of ether oxygens (including phenoxy) is 1. The molecule has 0 aliphatic carbocycles. The van der Waals surface area contributed by atoms with Crippen molar-refractivity contribution in [1.29, 1.82) is 0 Å². The van der Waals surface area contributed by atoms with Crippen LogP contribution in [-0.4, -0.2) is 50.7 Å². The molecule has 3 heterocycles. The number of carbonyl (C=O) groups is 1. The number of rotatable bonds is 5. The van der Waals surface area contributed by atoms with Crippen LogP contribution < -0.4 is 5.63 Å². The van der Waals surface area contributed by atoms with E-state index in [1.54, 1.807) is 24.9 Å². The summed E-state index contributed by atoms with van der Waals surface area (Å²) in [5.41, 5.74) is 0.139. The van der Waals surface area contributed by atoms with Crippen LogP contribution in [0, 0.1) is 12.8 Å². The highest BCUT2D eigenvalue weighted by Crippen LogP contribution is 2.21. The molecule has 2 aromatic rings. The van der Waals surface area contributed by atoms with E-state index in [-0.39, 0.29) is 18.0 Å². The highest BCUT2D eigenvalue weighted by Gasteiger charge is 2.31. The second kappa shape index (κ2) is 7.99. The third-order valence-corrected chi connectivity index (χ3v) is 4.68. The van der Waals surface area contributed by atoms with Gasteiger partial charge in [-0.1, -0.05) is 13.8 Å². The second-order valence-corrected chi connectivity index (χ2v) is 7.26. The third-order valence-electron chi connectivity index (χ3n) is 4.68. The summed E-state index contributed by atoms with van der Waals surface area (Å²) < 4.78 is 12.6. The van der Waals surface area contributed by atoms with Crippen molar-refractivity contribution < 1.29 is 13.9 Å². The normalized spacial score (nSPS) is 17.5. The zero-order chi connectivity index (χ0) is 19.6. The molecule has 27 heavy (non-hydrogen) atoms. The predicted molar refractivity (Wildman–Crippen MR) is 96.3 cm³/mol. The Morgan fingerprint density at radius 3 is 2.81 bits per heavy atom. The van der Waals surface area contributed by atoms with Gasteiger partial charge in [-0.05, 0) is 41.3 Å². The van der Waals surface area contributed by atoms with Crippen molar-refractivity contribution in [3.8, 4) is 0 Å². The van der Waals surface area contributed by atoms with Crippen LogP contribution in [0.3, 0.4) is 0 Å². The van der Waals surface area contributed by atoms with Crippen molar-refractivity contribution >= 4 is 5.91 Å². The van der Waals surface area contributed by atoms with E-state index in [4.69, 9.17) is 9.15 Å². The summed E-state index contributed by atoms with van der Waals surface area (Å²) in [5, 5.41) is 11.3. The Bertz CT molecular complexity index is 873. The van der Waals surface area contributed by atoms with Crippen molar-refractivity contribution in [2.75, 3.05) is 19.7 Å². The number of aryl methyl sites for hydroxylation is 3. The van der Waals surface area contributed by atoms with Gasteiger partial charge in [0.05, 0.1) is 13.2 Å². The maximum Gasteiger partial charge on any atom is 0.349 e. The van der Waals surface area contributed by atoms with Gasteiger partial charge >= 0.3 is 5.63 Å². The van der Waals surface area contributed by atoms with E-state index >= 15 is 0 Å². The average Bonchev–Trinajstić information content (AvgIpc) is 3.05. The average molecular weight is 375 g/mol. The molecular weight excluding hydrogens is 350 g/mol. The summed E-state index contributed by atoms with van der Waals surface area (Å²) in [6, 6.07) is 1.79. The maximum atomic E-state index is 13.0. The van der Waals surface area contributed by atoms with Gasteiger partial charge < -0.3 is 14.1 Å². The Morgan fingerprint density at radius 1 is 1.41 bits per heavy atom. The van der Waals surface area contributed by atoms with Crippen LogP contribution in [0.4, 0.5) is 0 Å². The van der Waals surface area contributed by atoms with Crippen LogP contribution in [0.5, 0.6) is 0 Å². The summed E-state index contributed by atoms with van der Waals surface area (Å²) in [6.45, 7) is 7.03. The van der Waals surface area contributed by atoms with Crippen LogP contribution in [0.15, 0.2) is 15.3 Å². The third kappa shape index (κ3) is 4.24. The molecule has 1 amide bonds. The second-order valence-electron chi connectivity index (χ2n) is 7.26. The van der Waals surface area contributed by atoms with E-state index in [1.165, 1.54) is 4.68 Å². The summed E-state index contributed by atoms with van der Waals surface area (Å²) in [7, 11) is 1.72. The van der Waals surface area contributed by atoms with Crippen molar-refractivity contribution in [2.45, 2.75) is 39.7 Å². The summed E-state index contributed by atoms with van der Waals surface area (Å²) in [5.74, 6) is 1.32. The number of hydrogen-bond acceptors (Lipinski definition) is 7. The molecule has 0 radical (unpaired) electrons. The van der Waals surface area contributed by atoms with Gasteiger partial charge in [0.2, 0.25) is 0 Å². The number of tetrazole rings is 1. The van der Waals surface area contributed by atoms with E-state index < -0.39 is 11.7 Å². The zero-order valence-electron chi connectivity index (χ0n) is 16.1. The summed E-state index contributed by atoms with van der Waals surface area (Å²) in [4.78, 5) is 27.0. The van der Waals surface area contributed by atoms with Gasteiger partial charge in [0.15, 0.2) is 5.82 Å². The molecule has 3 rings (SSSR count). The molecule has 2 aromatic heterocycles. The number of hydrogen-bond donors (Lipinski definition) is 0. The van der Waals surface area contributed by atoms with Crippen LogP contribution in [0.1, 0.15) is 53.9 Å². The molecule has 0 N–H and O–H groups in total. The van der Waals surface area contributed by atoms with E-state index in [0.29, 0.717) is 42.6 Å². The largest absolute Gasteiger partial charge is 0.427 e. The summed E-state index contributed by atoms with van der Waals surface area (Å²) in [6.07, 6.45) is 1.17. The topological polar surface area (TPSA) is 103 Å². The van der Waals surface area contributed by atoms with Crippen molar-refractivity contribution in [1.82, 2.24) is 25.1 Å². The molecule has 0 aromatic carbocycles. The Balaban J connectivity index is 1.79. The SMILES string of the molecule is Cc1cc(CCC(C)C)oc(=O)c1C(=O)N1CCOC(c2nnnn2C)C1. The quantitative estimate of drug-likeness (QED) is 0.775. The van der Waals surface area contributed by atoms with Gasteiger partial charge in [-0.3, -0.25) is 4.79 Å². The first kappa shape index (κ1) is 19.2. The molecule has 9 nitrogen and oxygen atoms in total. The Morgan fingerprint density at radius 2 is 2.19 bits per heavy atom. The molecule has 1 unspecified atom stereocenters. The minimum Gasteiger partial charge on any atom is -0.427 e. The number of amides is 1. The van der Waals surface area contributed by atoms with Gasteiger partial charge in [-0.15, -0.1) is 5.10 Å². The van der Waals surface area contributed by atoms with Crippen LogP contribution in [-0.2, 0) is 18.2 Å². The molecule has 1 saturated heterocycles. The standard InChI is InChI=1S/C18H25N5O4/c1-11(2)5-6-13-9-12(3)15(18(25)27-13)17(24)23-7-8-26-14(10-23)16-19-20-21-22(16)4/h9,11,14H,5-8,10H2,1-4H3. The van der Waals surface area contributed by atoms with E-state index in [2.05, 4.69) is 29.4 Å². The van der Waals surface area contributed by atoms with Gasteiger partial charge in [0.1, 0.15) is 17.4 Å². The molecule has 146 valence electrons. The Labute approximate surface area is 157 Å². The highest BCUT2D eigenvalue weighted by atomic mass is 16.5. The van der Waals surface area contributed by atoms with E-state index in [9.17, 15) is 9.59 Å². The first-order chi connectivity index (χ1) is 12.9. The zero-order valence-corrected chi connectivity index (χ0v) is 16.1. The fourth-order valence-corrected chi connectivity index (χ4v) is 3.14. The monoisotopic (exact) mass is 375 g/mol. The van der Waals surface area contributed by atoms with E-state index in [0.717, 1.165) is 6.42 Å². The molecule has 1 aliphatic rings. The minimum atomic E-state index is -0.581. The van der Waals surface area contributed by atoms with Gasteiger partial charge in [-0.25, -0.2) is 9.48 Å². The summed E-state index contributed by atoms with van der Waals surface area (Å²) >= 11 is 0. The number of aromatic nitrogens is 4. The molecule has 0 spiro atoms. The number of nitrogens with zero attached hydrogens (tertiary/aromatic N) is 5. The Hall–Kier alpha value is -2.55. The first-order valence-electron chi connectivity index (χ1n) is 9.13. The smallest absolute Gasteiger partial charge is 0.349 e. The minimum absolute atomic E-state index is 0.0834. The lowest BCUT2D eigenvalue weighted by Crippen LogP contribution is -2.44. The van der Waals surface area contributed by atoms with Crippen molar-refractivity contribution in [2.24, 2.45) is 13.0 Å². The number of morpholine rings is 1.